The highest BCUT2D eigenvalue weighted by Gasteiger charge is 2.22. The third-order valence-electron chi connectivity index (χ3n) is 5.35. The fourth-order valence-corrected chi connectivity index (χ4v) is 6.18. The Morgan fingerprint density at radius 1 is 0.595 bits per heavy atom. The Morgan fingerprint density at radius 3 is 1.27 bits per heavy atom. The fraction of sp³-hybridized carbons (Fsp3) is 0.133. The quantitative estimate of drug-likeness (QED) is 0.301. The lowest BCUT2D eigenvalue weighted by Gasteiger charge is -2.16. The van der Waals surface area contributed by atoms with Gasteiger partial charge in [-0.25, -0.2) is 0 Å². The number of rotatable bonds is 10. The smallest absolute Gasteiger partial charge is 0.230 e. The van der Waals surface area contributed by atoms with E-state index < -0.39 is 16.7 Å². The largest absolute Gasteiger partial charge is 0.369 e. The molecule has 0 spiro atoms. The van der Waals surface area contributed by atoms with Crippen LogP contribution in [-0.4, -0.2) is 27.5 Å². The maximum Gasteiger partial charge on any atom is 0.230 e. The van der Waals surface area contributed by atoms with Crippen molar-refractivity contribution >= 4 is 34.4 Å². The molecule has 0 aliphatic rings. The van der Waals surface area contributed by atoms with Crippen LogP contribution >= 0.6 is 11.8 Å². The van der Waals surface area contributed by atoms with Gasteiger partial charge >= 0.3 is 0 Å². The SMILES string of the molecule is NC(=O)CS(=O)C(c1ccccc1)c1ccccc1.NC(=O)CSC(c1ccccc1)c1ccccc1. The van der Waals surface area contributed by atoms with E-state index in [1.165, 1.54) is 11.1 Å². The van der Waals surface area contributed by atoms with Crippen LogP contribution in [0.15, 0.2) is 121 Å². The van der Waals surface area contributed by atoms with Crippen molar-refractivity contribution in [3.8, 4) is 0 Å². The highest BCUT2D eigenvalue weighted by Crippen LogP contribution is 2.35. The van der Waals surface area contributed by atoms with E-state index in [0.717, 1.165) is 11.1 Å². The lowest BCUT2D eigenvalue weighted by Crippen LogP contribution is -2.23. The normalized spacial score (nSPS) is 11.4. The number of benzene rings is 4. The summed E-state index contributed by atoms with van der Waals surface area (Å²) in [6.07, 6.45) is 0. The van der Waals surface area contributed by atoms with E-state index in [2.05, 4.69) is 24.3 Å². The minimum Gasteiger partial charge on any atom is -0.369 e. The van der Waals surface area contributed by atoms with Gasteiger partial charge in [0.25, 0.3) is 0 Å². The minimum absolute atomic E-state index is 0.131. The van der Waals surface area contributed by atoms with Gasteiger partial charge in [0.1, 0.15) is 5.75 Å². The summed E-state index contributed by atoms with van der Waals surface area (Å²) in [5, 5.41) is -0.171. The summed E-state index contributed by atoms with van der Waals surface area (Å²) in [6, 6.07) is 39.4. The predicted molar refractivity (Wildman–Crippen MR) is 153 cm³/mol. The van der Waals surface area contributed by atoms with Crippen molar-refractivity contribution in [1.82, 2.24) is 0 Å². The first-order chi connectivity index (χ1) is 18.0. The summed E-state index contributed by atoms with van der Waals surface area (Å²) < 4.78 is 12.4. The van der Waals surface area contributed by atoms with Crippen molar-refractivity contribution in [3.05, 3.63) is 144 Å². The number of thioether (sulfide) groups is 1. The molecule has 0 aromatic heterocycles. The van der Waals surface area contributed by atoms with Crippen LogP contribution in [0, 0.1) is 0 Å². The van der Waals surface area contributed by atoms with Gasteiger partial charge < -0.3 is 11.5 Å². The van der Waals surface area contributed by atoms with Crippen molar-refractivity contribution in [3.63, 3.8) is 0 Å². The summed E-state index contributed by atoms with van der Waals surface area (Å²) in [5.41, 5.74) is 14.6. The average Bonchev–Trinajstić information content (AvgIpc) is 2.91. The highest BCUT2D eigenvalue weighted by molar-refractivity contribution is 8.00. The van der Waals surface area contributed by atoms with E-state index in [1.807, 2.05) is 97.1 Å². The molecule has 0 saturated carbocycles. The summed E-state index contributed by atoms with van der Waals surface area (Å²) in [7, 11) is -1.36. The van der Waals surface area contributed by atoms with Crippen molar-refractivity contribution in [1.29, 1.82) is 0 Å². The van der Waals surface area contributed by atoms with Gasteiger partial charge in [0.15, 0.2) is 0 Å². The number of hydrogen-bond donors (Lipinski definition) is 2. The minimum atomic E-state index is -1.36. The summed E-state index contributed by atoms with van der Waals surface area (Å²) in [5.74, 6) is -0.629. The van der Waals surface area contributed by atoms with Gasteiger partial charge in [-0.2, -0.15) is 0 Å². The highest BCUT2D eigenvalue weighted by atomic mass is 32.2. The Morgan fingerprint density at radius 2 is 0.946 bits per heavy atom. The first-order valence-electron chi connectivity index (χ1n) is 11.7. The maximum absolute atomic E-state index is 12.4. The third-order valence-corrected chi connectivity index (χ3v) is 8.32. The van der Waals surface area contributed by atoms with E-state index in [9.17, 15) is 13.8 Å². The maximum atomic E-state index is 12.4. The third kappa shape index (κ3) is 9.04. The molecule has 37 heavy (non-hydrogen) atoms. The van der Waals surface area contributed by atoms with Crippen LogP contribution in [-0.2, 0) is 20.4 Å². The molecule has 0 saturated heterocycles. The predicted octanol–water partition coefficient (Wildman–Crippen LogP) is 5.00. The van der Waals surface area contributed by atoms with Gasteiger partial charge in [-0.15, -0.1) is 11.8 Å². The molecule has 1 atom stereocenters. The fourth-order valence-electron chi connectivity index (χ4n) is 3.78. The van der Waals surface area contributed by atoms with Gasteiger partial charge in [-0.05, 0) is 22.3 Å². The Kier molecular flexibility index (Phi) is 11.1. The monoisotopic (exact) mass is 530 g/mol. The molecular weight excluding hydrogens is 500 g/mol. The van der Waals surface area contributed by atoms with Crippen LogP contribution in [0.5, 0.6) is 0 Å². The molecule has 5 nitrogen and oxygen atoms in total. The Hall–Kier alpha value is -3.68. The molecular formula is C30H30N2O3S2. The zero-order valence-electron chi connectivity index (χ0n) is 20.3. The average molecular weight is 531 g/mol. The molecule has 0 radical (unpaired) electrons. The van der Waals surface area contributed by atoms with Crippen molar-refractivity contribution in [2.45, 2.75) is 10.5 Å². The molecule has 7 heteroatoms. The number of primary amides is 2. The van der Waals surface area contributed by atoms with Crippen LogP contribution < -0.4 is 11.5 Å². The zero-order valence-corrected chi connectivity index (χ0v) is 21.9. The van der Waals surface area contributed by atoms with Crippen molar-refractivity contribution in [2.75, 3.05) is 11.5 Å². The van der Waals surface area contributed by atoms with Crippen LogP contribution in [0.25, 0.3) is 0 Å². The van der Waals surface area contributed by atoms with E-state index in [4.69, 9.17) is 11.5 Å². The van der Waals surface area contributed by atoms with Gasteiger partial charge in [0.2, 0.25) is 11.8 Å². The molecule has 1 unspecified atom stereocenters. The molecule has 0 aliphatic carbocycles. The van der Waals surface area contributed by atoms with Crippen LogP contribution in [0.4, 0.5) is 0 Å². The lowest BCUT2D eigenvalue weighted by molar-refractivity contribution is -0.116. The van der Waals surface area contributed by atoms with Gasteiger partial charge in [-0.3, -0.25) is 13.8 Å². The topological polar surface area (TPSA) is 103 Å². The van der Waals surface area contributed by atoms with Crippen molar-refractivity contribution in [2.24, 2.45) is 11.5 Å². The summed E-state index contributed by atoms with van der Waals surface area (Å²) in [4.78, 5) is 22.0. The molecule has 2 amide bonds. The first-order valence-corrected chi connectivity index (χ1v) is 14.1. The van der Waals surface area contributed by atoms with Gasteiger partial charge in [0, 0.05) is 10.8 Å². The number of hydrogen-bond acceptors (Lipinski definition) is 4. The summed E-state index contributed by atoms with van der Waals surface area (Å²) >= 11 is 1.56. The second-order valence-electron chi connectivity index (χ2n) is 8.17. The number of carbonyl (C=O) groups excluding carboxylic acids is 2. The Bertz CT molecular complexity index is 1190. The number of carbonyl (C=O) groups is 2. The van der Waals surface area contributed by atoms with Crippen LogP contribution in [0.1, 0.15) is 32.8 Å². The molecule has 4 aromatic rings. The molecule has 0 heterocycles. The summed E-state index contributed by atoms with van der Waals surface area (Å²) in [6.45, 7) is 0. The zero-order chi connectivity index (χ0) is 26.5. The van der Waals surface area contributed by atoms with Crippen LogP contribution in [0.2, 0.25) is 0 Å². The van der Waals surface area contributed by atoms with E-state index in [0.29, 0.717) is 5.75 Å². The second-order valence-corrected chi connectivity index (χ2v) is 10.8. The number of nitrogens with two attached hydrogens (primary N) is 2. The molecule has 190 valence electrons. The van der Waals surface area contributed by atoms with E-state index >= 15 is 0 Å². The lowest BCUT2D eigenvalue weighted by atomic mass is 10.0. The van der Waals surface area contributed by atoms with Crippen molar-refractivity contribution < 1.29 is 13.8 Å². The second kappa shape index (κ2) is 14.8. The standard InChI is InChI=1S/C15H15NO2S.C15H15NOS/c16-14(17)11-19(18)15(12-7-3-1-4-8-12)13-9-5-2-6-10-13;16-14(17)11-18-15(12-7-3-1-4-8-12)13-9-5-2-6-10-13/h1-10,15H,11H2,(H2,16,17);1-10,15H,11H2,(H2,16,17). The molecule has 4 rings (SSSR count). The Balaban J connectivity index is 0.000000206. The van der Waals surface area contributed by atoms with E-state index in [-0.39, 0.29) is 22.2 Å². The molecule has 4 aromatic carbocycles. The number of amides is 2. The molecule has 0 fully saturated rings. The Labute approximate surface area is 224 Å². The van der Waals surface area contributed by atoms with E-state index in [1.54, 1.807) is 11.8 Å². The molecule has 4 N–H and O–H groups in total. The van der Waals surface area contributed by atoms with Crippen LogP contribution in [0.3, 0.4) is 0 Å². The van der Waals surface area contributed by atoms with Gasteiger partial charge in [0.05, 0.1) is 16.3 Å². The first kappa shape index (κ1) is 27.9. The molecule has 0 bridgehead atoms. The van der Waals surface area contributed by atoms with Gasteiger partial charge in [-0.1, -0.05) is 121 Å². The molecule has 0 aliphatic heterocycles.